The summed E-state index contributed by atoms with van der Waals surface area (Å²) in [4.78, 5) is 0. The van der Waals surface area contributed by atoms with Gasteiger partial charge >= 0.3 is 62.2 Å². The predicted octanol–water partition coefficient (Wildman–Crippen LogP) is -1.25. The second kappa shape index (κ2) is 3.04. The van der Waals surface area contributed by atoms with Gasteiger partial charge in [0.2, 0.25) is 0 Å². The van der Waals surface area contributed by atoms with Crippen LogP contribution in [0.2, 0.25) is 0 Å². The van der Waals surface area contributed by atoms with Crippen molar-refractivity contribution in [3.63, 3.8) is 0 Å². The van der Waals surface area contributed by atoms with Crippen LogP contribution in [-0.4, -0.2) is 8.86 Å². The molecule has 0 aromatic carbocycles. The Morgan fingerprint density at radius 3 is 1.88 bits per heavy atom. The van der Waals surface area contributed by atoms with Crippen LogP contribution in [0.4, 0.5) is 0 Å². The third-order valence-corrected chi connectivity index (χ3v) is 5.80. The van der Waals surface area contributed by atoms with Gasteiger partial charge in [-0.2, -0.15) is 0 Å². The van der Waals surface area contributed by atoms with Crippen LogP contribution >= 0.6 is 0 Å². The van der Waals surface area contributed by atoms with Crippen molar-refractivity contribution in [3.05, 3.63) is 0 Å². The van der Waals surface area contributed by atoms with Crippen molar-refractivity contribution in [3.8, 4) is 0 Å². The second-order valence-corrected chi connectivity index (χ2v) is 5.78. The maximum atomic E-state index is 2.40. The standard InChI is InChI=1S/C7H14I/c1-6-3-7(2)5-8-4-6/h6-7H,3-5H2,1-2H3/q-1. The van der Waals surface area contributed by atoms with Crippen molar-refractivity contribution >= 4 is 0 Å². The third kappa shape index (κ3) is 1.92. The summed E-state index contributed by atoms with van der Waals surface area (Å²) in [6.07, 6.45) is 1.50. The van der Waals surface area contributed by atoms with Crippen molar-refractivity contribution < 1.29 is 21.2 Å². The fraction of sp³-hybridized carbons (Fsp3) is 1.00. The number of hydrogen-bond acceptors (Lipinski definition) is 0. The summed E-state index contributed by atoms with van der Waals surface area (Å²) < 4.78 is 3.17. The van der Waals surface area contributed by atoms with Gasteiger partial charge in [-0.25, -0.2) is 0 Å². The molecule has 1 rings (SSSR count). The minimum absolute atomic E-state index is 0.634. The molecule has 1 heterocycles. The first-order valence-electron chi connectivity index (χ1n) is 3.32. The van der Waals surface area contributed by atoms with E-state index in [2.05, 4.69) is 13.8 Å². The summed E-state index contributed by atoms with van der Waals surface area (Å²) in [6, 6.07) is 0. The summed E-state index contributed by atoms with van der Waals surface area (Å²) in [5, 5.41) is 0. The van der Waals surface area contributed by atoms with Gasteiger partial charge < -0.3 is 0 Å². The van der Waals surface area contributed by atoms with E-state index in [1.165, 1.54) is 6.42 Å². The van der Waals surface area contributed by atoms with Gasteiger partial charge in [0, 0.05) is 0 Å². The molecule has 50 valence electrons. The minimum atomic E-state index is 0.634. The Bertz CT molecular complexity index is 62.8. The summed E-state index contributed by atoms with van der Waals surface area (Å²) in [5.74, 6) is 2.12. The van der Waals surface area contributed by atoms with Gasteiger partial charge in [-0.1, -0.05) is 0 Å². The fourth-order valence-electron chi connectivity index (χ4n) is 1.25. The Kier molecular flexibility index (Phi) is 2.60. The summed E-state index contributed by atoms with van der Waals surface area (Å²) >= 11 is 0.634. The molecule has 1 saturated heterocycles. The fourth-order valence-corrected chi connectivity index (χ4v) is 4.45. The Hall–Kier alpha value is 0.730. The van der Waals surface area contributed by atoms with Crippen molar-refractivity contribution in [2.24, 2.45) is 11.8 Å². The van der Waals surface area contributed by atoms with Crippen molar-refractivity contribution in [1.82, 2.24) is 0 Å². The number of rotatable bonds is 0. The molecule has 1 aliphatic heterocycles. The molecule has 1 heteroatoms. The van der Waals surface area contributed by atoms with Gasteiger partial charge in [0.25, 0.3) is 0 Å². The molecule has 0 aromatic rings. The van der Waals surface area contributed by atoms with Crippen LogP contribution in [0.15, 0.2) is 0 Å². The molecule has 0 nitrogen and oxygen atoms in total. The van der Waals surface area contributed by atoms with E-state index in [0.29, 0.717) is 21.2 Å². The van der Waals surface area contributed by atoms with Crippen LogP contribution in [0.3, 0.4) is 0 Å². The van der Waals surface area contributed by atoms with E-state index in [0.717, 1.165) is 11.8 Å². The molecule has 0 spiro atoms. The summed E-state index contributed by atoms with van der Waals surface area (Å²) in [5.41, 5.74) is 0. The molecule has 1 aliphatic rings. The van der Waals surface area contributed by atoms with E-state index in [-0.39, 0.29) is 0 Å². The predicted molar refractivity (Wildman–Crippen MR) is 32.7 cm³/mol. The number of alkyl halides is 2. The molecule has 2 atom stereocenters. The van der Waals surface area contributed by atoms with Gasteiger partial charge in [-0.15, -0.1) is 0 Å². The van der Waals surface area contributed by atoms with E-state index < -0.39 is 0 Å². The first-order valence-corrected chi connectivity index (χ1v) is 6.37. The van der Waals surface area contributed by atoms with Crippen LogP contribution < -0.4 is 21.2 Å². The van der Waals surface area contributed by atoms with Gasteiger partial charge in [-0.3, -0.25) is 0 Å². The molecule has 1 fully saturated rings. The van der Waals surface area contributed by atoms with E-state index in [1.807, 2.05) is 0 Å². The number of hydrogen-bond donors (Lipinski definition) is 0. The Balaban J connectivity index is 2.23. The zero-order valence-electron chi connectivity index (χ0n) is 5.65. The molecule has 0 aliphatic carbocycles. The summed E-state index contributed by atoms with van der Waals surface area (Å²) in [6.45, 7) is 4.80. The molecular formula is C7H14I-. The van der Waals surface area contributed by atoms with Gasteiger partial charge in [-0.05, 0) is 0 Å². The van der Waals surface area contributed by atoms with Gasteiger partial charge in [0.05, 0.1) is 0 Å². The van der Waals surface area contributed by atoms with Gasteiger partial charge in [0.15, 0.2) is 0 Å². The van der Waals surface area contributed by atoms with Crippen molar-refractivity contribution in [2.45, 2.75) is 20.3 Å². The van der Waals surface area contributed by atoms with Crippen molar-refractivity contribution in [2.75, 3.05) is 8.86 Å². The van der Waals surface area contributed by atoms with E-state index >= 15 is 0 Å². The Morgan fingerprint density at radius 1 is 1.12 bits per heavy atom. The molecule has 0 aromatic heterocycles. The Labute approximate surface area is 62.3 Å². The second-order valence-electron chi connectivity index (χ2n) is 2.94. The topological polar surface area (TPSA) is 0 Å². The first-order chi connectivity index (χ1) is 3.79. The Morgan fingerprint density at radius 2 is 1.62 bits per heavy atom. The zero-order valence-corrected chi connectivity index (χ0v) is 7.81. The quantitative estimate of drug-likeness (QED) is 0.357. The maximum absolute atomic E-state index is 2.40. The zero-order chi connectivity index (χ0) is 5.98. The third-order valence-electron chi connectivity index (χ3n) is 1.55. The van der Waals surface area contributed by atoms with E-state index in [4.69, 9.17) is 0 Å². The average molecular weight is 225 g/mol. The van der Waals surface area contributed by atoms with Crippen molar-refractivity contribution in [1.29, 1.82) is 0 Å². The molecule has 0 radical (unpaired) electrons. The van der Waals surface area contributed by atoms with E-state index in [1.54, 1.807) is 8.86 Å². The monoisotopic (exact) mass is 225 g/mol. The first kappa shape index (κ1) is 6.84. The van der Waals surface area contributed by atoms with Crippen LogP contribution in [-0.2, 0) is 0 Å². The molecule has 0 N–H and O–H groups in total. The number of halogens is 1. The average Bonchev–Trinajstić information content (AvgIpc) is 1.64. The van der Waals surface area contributed by atoms with Crippen LogP contribution in [0, 0.1) is 11.8 Å². The molecule has 2 unspecified atom stereocenters. The van der Waals surface area contributed by atoms with Crippen LogP contribution in [0.5, 0.6) is 0 Å². The molecule has 0 amide bonds. The van der Waals surface area contributed by atoms with Crippen LogP contribution in [0.1, 0.15) is 20.3 Å². The normalized spacial score (nSPS) is 40.8. The molecule has 8 heavy (non-hydrogen) atoms. The van der Waals surface area contributed by atoms with E-state index in [9.17, 15) is 0 Å². The van der Waals surface area contributed by atoms with Crippen LogP contribution in [0.25, 0.3) is 0 Å². The summed E-state index contributed by atoms with van der Waals surface area (Å²) in [7, 11) is 0. The van der Waals surface area contributed by atoms with Gasteiger partial charge in [0.1, 0.15) is 0 Å². The molecular weight excluding hydrogens is 211 g/mol. The molecule has 0 saturated carbocycles. The SMILES string of the molecule is CC1C[I-]CC(C)C1. The molecule has 0 bridgehead atoms.